The maximum atomic E-state index is 12.8. The summed E-state index contributed by atoms with van der Waals surface area (Å²) in [6, 6.07) is 5.42. The molecule has 0 bridgehead atoms. The molecule has 4 rings (SSSR count). The molecule has 0 N–H and O–H groups in total. The number of benzene rings is 1. The zero-order valence-corrected chi connectivity index (χ0v) is 18.5. The molecule has 1 fully saturated rings. The first kappa shape index (κ1) is 23.3. The van der Waals surface area contributed by atoms with Gasteiger partial charge in [-0.25, -0.2) is 14.4 Å². The van der Waals surface area contributed by atoms with Crippen LogP contribution in [0.3, 0.4) is 0 Å². The number of hydrogen-bond acceptors (Lipinski definition) is 9. The number of alkyl halides is 2. The Morgan fingerprint density at radius 1 is 1.21 bits per heavy atom. The fourth-order valence-corrected chi connectivity index (χ4v) is 3.42. The maximum absolute atomic E-state index is 12.8. The first-order valence-electron chi connectivity index (χ1n) is 9.43. The minimum Gasteiger partial charge on any atom is -0.468 e. The average Bonchev–Trinajstić information content (AvgIpc) is 3.46. The molecule has 0 radical (unpaired) electrons. The van der Waals surface area contributed by atoms with E-state index in [2.05, 4.69) is 15.4 Å². The second kappa shape index (κ2) is 9.97. The Morgan fingerprint density at radius 2 is 2.03 bits per heavy atom. The number of ether oxygens (including phenoxy) is 1. The third-order valence-electron chi connectivity index (χ3n) is 4.69. The molecule has 1 atom stereocenters. The molecule has 3 heterocycles. The summed E-state index contributed by atoms with van der Waals surface area (Å²) in [6.45, 7) is -3.10. The Balaban J connectivity index is 1.50. The van der Waals surface area contributed by atoms with Crippen LogP contribution in [-0.2, 0) is 25.6 Å². The van der Waals surface area contributed by atoms with Crippen LogP contribution in [0.1, 0.15) is 12.2 Å². The van der Waals surface area contributed by atoms with E-state index in [0.717, 1.165) is 6.20 Å². The molecule has 176 valence electrons. The summed E-state index contributed by atoms with van der Waals surface area (Å²) in [6.07, 6.45) is 2.60. The van der Waals surface area contributed by atoms with Crippen molar-refractivity contribution in [2.75, 3.05) is 25.6 Å². The van der Waals surface area contributed by atoms with Gasteiger partial charge in [0, 0.05) is 17.6 Å². The summed E-state index contributed by atoms with van der Waals surface area (Å²) in [7, 11) is 1.21. The van der Waals surface area contributed by atoms with Crippen LogP contribution in [0.15, 0.2) is 36.7 Å². The summed E-state index contributed by atoms with van der Waals surface area (Å²) in [5.41, 5.74) is 1.34. The molecule has 0 saturated carbocycles. The molecule has 1 aromatic carbocycles. The second-order valence-electron chi connectivity index (χ2n) is 6.74. The molecule has 11 nitrogen and oxygen atoms in total. The number of anilines is 1. The summed E-state index contributed by atoms with van der Waals surface area (Å²) in [5, 5.41) is 14.8. The molecular weight excluding hydrogens is 487 g/mol. The van der Waals surface area contributed by atoms with Crippen molar-refractivity contribution in [3.8, 4) is 5.69 Å². The molecule has 0 amide bonds. The van der Waals surface area contributed by atoms with Crippen LogP contribution < -0.4 is 5.06 Å². The van der Waals surface area contributed by atoms with E-state index in [1.807, 2.05) is 0 Å². The van der Waals surface area contributed by atoms with Crippen molar-refractivity contribution in [1.29, 1.82) is 0 Å². The summed E-state index contributed by atoms with van der Waals surface area (Å²) in [4.78, 5) is 23.9. The quantitative estimate of drug-likeness (QED) is 0.450. The van der Waals surface area contributed by atoms with E-state index in [4.69, 9.17) is 37.6 Å². The number of halogens is 4. The van der Waals surface area contributed by atoms with Crippen molar-refractivity contribution in [2.24, 2.45) is 0 Å². The molecule has 1 aliphatic rings. The van der Waals surface area contributed by atoms with Gasteiger partial charge in [0.2, 0.25) is 0 Å². The second-order valence-corrected chi connectivity index (χ2v) is 7.56. The fraction of sp³-hybridized carbons (Fsp3) is 0.333. The summed E-state index contributed by atoms with van der Waals surface area (Å²) >= 11 is 12.0. The zero-order chi connectivity index (χ0) is 23.5. The molecule has 3 aromatic rings. The van der Waals surface area contributed by atoms with Gasteiger partial charge in [0.05, 0.1) is 30.4 Å². The monoisotopic (exact) mass is 503 g/mol. The number of rotatable bonds is 7. The van der Waals surface area contributed by atoms with Gasteiger partial charge in [0.15, 0.2) is 18.6 Å². The highest BCUT2D eigenvalue weighted by molar-refractivity contribution is 6.31. The fourth-order valence-electron chi connectivity index (χ4n) is 3.13. The van der Waals surface area contributed by atoms with Crippen molar-refractivity contribution in [1.82, 2.24) is 29.8 Å². The minimum atomic E-state index is -2.79. The number of hydroxylamine groups is 3. The van der Waals surface area contributed by atoms with Crippen molar-refractivity contribution < 1.29 is 28.0 Å². The maximum Gasteiger partial charge on any atom is 0.333 e. The number of aromatic nitrogens is 5. The number of carbonyl (C=O) groups is 1. The SMILES string of the molecule is COC(=O)C(Cc1ccn(C(F)F)n1)N1CON(c2cc(Cl)ccc2-n2cc(Cl)nn2)CO1. The third-order valence-corrected chi connectivity index (χ3v) is 5.10. The van der Waals surface area contributed by atoms with Gasteiger partial charge in [-0.1, -0.05) is 28.4 Å². The van der Waals surface area contributed by atoms with Crippen LogP contribution in [0.4, 0.5) is 14.5 Å². The summed E-state index contributed by atoms with van der Waals surface area (Å²) in [5.74, 6) is -0.639. The van der Waals surface area contributed by atoms with Crippen molar-refractivity contribution >= 4 is 34.9 Å². The number of esters is 1. The molecule has 1 aliphatic heterocycles. The lowest BCUT2D eigenvalue weighted by atomic mass is 10.1. The lowest BCUT2D eigenvalue weighted by Gasteiger charge is -2.37. The van der Waals surface area contributed by atoms with Gasteiger partial charge in [0.1, 0.15) is 6.04 Å². The molecule has 15 heteroatoms. The van der Waals surface area contributed by atoms with Crippen LogP contribution >= 0.6 is 23.2 Å². The smallest absolute Gasteiger partial charge is 0.333 e. The highest BCUT2D eigenvalue weighted by Gasteiger charge is 2.34. The lowest BCUT2D eigenvalue weighted by molar-refractivity contribution is -0.283. The predicted molar refractivity (Wildman–Crippen MR) is 111 cm³/mol. The number of hydrogen-bond donors (Lipinski definition) is 0. The molecule has 2 aromatic heterocycles. The highest BCUT2D eigenvalue weighted by Crippen LogP contribution is 2.30. The third kappa shape index (κ3) is 5.23. The molecule has 0 spiro atoms. The predicted octanol–water partition coefficient (Wildman–Crippen LogP) is 2.85. The van der Waals surface area contributed by atoms with E-state index in [-0.39, 0.29) is 30.7 Å². The number of methoxy groups -OCH3 is 1. The number of carbonyl (C=O) groups excluding carboxylic acids is 1. The van der Waals surface area contributed by atoms with Gasteiger partial charge in [-0.05, 0) is 24.3 Å². The Hall–Kier alpha value is -2.84. The minimum absolute atomic E-state index is 0.0321. The summed E-state index contributed by atoms with van der Waals surface area (Å²) < 4.78 is 32.4. The van der Waals surface area contributed by atoms with Gasteiger partial charge in [0.25, 0.3) is 0 Å². The van der Waals surface area contributed by atoms with Gasteiger partial charge in [-0.15, -0.1) is 10.2 Å². The Kier molecular flexibility index (Phi) is 7.05. The topological polar surface area (TPSA) is 99.8 Å². The Morgan fingerprint density at radius 3 is 2.64 bits per heavy atom. The van der Waals surface area contributed by atoms with Gasteiger partial charge in [-0.2, -0.15) is 13.9 Å². The van der Waals surface area contributed by atoms with E-state index < -0.39 is 18.6 Å². The van der Waals surface area contributed by atoms with Crippen LogP contribution in [-0.4, -0.2) is 62.4 Å². The largest absolute Gasteiger partial charge is 0.468 e. The van der Waals surface area contributed by atoms with E-state index in [1.165, 1.54) is 34.2 Å². The molecule has 33 heavy (non-hydrogen) atoms. The Labute approximate surface area is 195 Å². The first-order valence-corrected chi connectivity index (χ1v) is 10.2. The van der Waals surface area contributed by atoms with Gasteiger partial charge < -0.3 is 4.74 Å². The van der Waals surface area contributed by atoms with Crippen LogP contribution in [0.25, 0.3) is 5.69 Å². The standard InChI is InChI=1S/C18H17Cl2F2N7O4/c1-31-17(30)15(7-12-4-5-26(24-12)18(21)22)29-10-32-28(9-33-29)14-6-11(19)2-3-13(14)27-8-16(20)23-25-27/h2-6,8,15,18H,7,9-10H2,1H3. The lowest BCUT2D eigenvalue weighted by Crippen LogP contribution is -2.51. The number of nitrogens with zero attached hydrogens (tertiary/aromatic N) is 7. The molecule has 1 saturated heterocycles. The average molecular weight is 504 g/mol. The van der Waals surface area contributed by atoms with Crippen molar-refractivity contribution in [2.45, 2.75) is 19.0 Å². The van der Waals surface area contributed by atoms with Crippen LogP contribution in [0, 0.1) is 0 Å². The highest BCUT2D eigenvalue weighted by atomic mass is 35.5. The zero-order valence-electron chi connectivity index (χ0n) is 17.0. The van der Waals surface area contributed by atoms with E-state index in [1.54, 1.807) is 18.2 Å². The van der Waals surface area contributed by atoms with Crippen LogP contribution in [0.5, 0.6) is 0 Å². The van der Waals surface area contributed by atoms with Gasteiger partial charge in [-0.3, -0.25) is 14.5 Å². The van der Waals surface area contributed by atoms with Gasteiger partial charge >= 0.3 is 12.5 Å². The van der Waals surface area contributed by atoms with E-state index in [9.17, 15) is 13.6 Å². The first-order chi connectivity index (χ1) is 15.9. The van der Waals surface area contributed by atoms with E-state index >= 15 is 0 Å². The molecule has 1 unspecified atom stereocenters. The van der Waals surface area contributed by atoms with Crippen LogP contribution in [0.2, 0.25) is 10.2 Å². The molecule has 0 aliphatic carbocycles. The Bertz CT molecular complexity index is 1120. The van der Waals surface area contributed by atoms with Crippen molar-refractivity contribution in [3.63, 3.8) is 0 Å². The molecular formula is C18H17Cl2F2N7O4. The van der Waals surface area contributed by atoms with Crippen molar-refractivity contribution in [3.05, 3.63) is 52.5 Å². The normalized spacial score (nSPS) is 15.8. The van der Waals surface area contributed by atoms with E-state index in [0.29, 0.717) is 21.1 Å².